The van der Waals surface area contributed by atoms with Crippen LogP contribution in [0.3, 0.4) is 0 Å². The molecule has 0 bridgehead atoms. The Kier molecular flexibility index (Phi) is 5.87. The molecule has 8 nitrogen and oxygen atoms in total. The lowest BCUT2D eigenvalue weighted by atomic mass is 10.0. The fraction of sp³-hybridized carbons (Fsp3) is 0.500. The van der Waals surface area contributed by atoms with Crippen molar-refractivity contribution in [3.8, 4) is 0 Å². The highest BCUT2D eigenvalue weighted by molar-refractivity contribution is 5.76. The second kappa shape index (κ2) is 8.08. The summed E-state index contributed by atoms with van der Waals surface area (Å²) in [6.07, 6.45) is -8.30. The Bertz CT molecular complexity index is 937. The number of aryl methyl sites for hydroxylation is 1. The number of aromatic nitrogens is 3. The molecule has 0 atom stereocenters. The van der Waals surface area contributed by atoms with Crippen molar-refractivity contribution in [2.24, 2.45) is 10.2 Å². The van der Waals surface area contributed by atoms with E-state index < -0.39 is 24.3 Å². The topological polar surface area (TPSA) is 82.0 Å². The standard InChI is InChI=1S/C16H16F6N7O/c1-3-29-13(15(17,18)19)24-26-14(29)25-23-10-7-9-5-4-6-28(2)12(9)8-11(10)27-30-16(20,21)22/h7-8H,3-6H2,1-2H3/q-1. The first-order chi connectivity index (χ1) is 14.0. The molecule has 0 aliphatic carbocycles. The molecule has 2 aromatic rings. The highest BCUT2D eigenvalue weighted by Crippen LogP contribution is 2.42. The third kappa shape index (κ3) is 4.80. The maximum Gasteiger partial charge on any atom is 0.509 e. The summed E-state index contributed by atoms with van der Waals surface area (Å²) < 4.78 is 77.0. The van der Waals surface area contributed by atoms with E-state index >= 15 is 0 Å². The molecular formula is C16H16F6N7O-. The minimum atomic E-state index is -5.01. The molecule has 0 saturated carbocycles. The van der Waals surface area contributed by atoms with Gasteiger partial charge in [0.2, 0.25) is 5.82 Å². The third-order valence-electron chi connectivity index (χ3n) is 4.32. The molecule has 1 aliphatic heterocycles. The summed E-state index contributed by atoms with van der Waals surface area (Å²) in [6, 6.07) is 2.84. The van der Waals surface area contributed by atoms with E-state index in [0.29, 0.717) is 23.2 Å². The van der Waals surface area contributed by atoms with E-state index in [4.69, 9.17) is 0 Å². The summed E-state index contributed by atoms with van der Waals surface area (Å²) in [5.74, 6) is -1.70. The smallest absolute Gasteiger partial charge is 0.509 e. The summed E-state index contributed by atoms with van der Waals surface area (Å²) in [5.41, 5.74) is 4.15. The fourth-order valence-corrected chi connectivity index (χ4v) is 3.01. The maximum atomic E-state index is 13.0. The van der Waals surface area contributed by atoms with Gasteiger partial charge in [0.05, 0.1) is 5.69 Å². The van der Waals surface area contributed by atoms with E-state index in [2.05, 4.69) is 30.7 Å². The number of alkyl halides is 6. The van der Waals surface area contributed by atoms with E-state index in [0.717, 1.165) is 12.0 Å². The summed E-state index contributed by atoms with van der Waals surface area (Å²) in [6.45, 7) is 2.00. The zero-order valence-electron chi connectivity index (χ0n) is 15.8. The van der Waals surface area contributed by atoms with Gasteiger partial charge in [-0.2, -0.15) is 13.2 Å². The Hall–Kier alpha value is -2.90. The molecule has 0 spiro atoms. The van der Waals surface area contributed by atoms with Gasteiger partial charge in [-0.05, 0) is 37.5 Å². The number of hydrogen-bond acceptors (Lipinski definition) is 6. The van der Waals surface area contributed by atoms with Crippen molar-refractivity contribution >= 4 is 23.0 Å². The van der Waals surface area contributed by atoms with Gasteiger partial charge in [0, 0.05) is 25.8 Å². The zero-order chi connectivity index (χ0) is 22.1. The monoisotopic (exact) mass is 436 g/mol. The van der Waals surface area contributed by atoms with Crippen LogP contribution in [-0.2, 0) is 24.0 Å². The zero-order valence-corrected chi connectivity index (χ0v) is 15.8. The van der Waals surface area contributed by atoms with Crippen molar-refractivity contribution in [3.05, 3.63) is 29.0 Å². The van der Waals surface area contributed by atoms with Crippen molar-refractivity contribution in [3.63, 3.8) is 0 Å². The van der Waals surface area contributed by atoms with Crippen LogP contribution in [-0.4, -0.2) is 34.7 Å². The van der Waals surface area contributed by atoms with Gasteiger partial charge < -0.3 is 15.2 Å². The van der Waals surface area contributed by atoms with E-state index in [1.54, 1.807) is 7.05 Å². The predicted octanol–water partition coefficient (Wildman–Crippen LogP) is 5.57. The van der Waals surface area contributed by atoms with Crippen molar-refractivity contribution < 1.29 is 31.2 Å². The van der Waals surface area contributed by atoms with Crippen LogP contribution in [0.1, 0.15) is 24.7 Å². The molecule has 164 valence electrons. The van der Waals surface area contributed by atoms with Gasteiger partial charge in [-0.1, -0.05) is 5.69 Å². The Labute approximate surface area is 166 Å². The van der Waals surface area contributed by atoms with Crippen LogP contribution in [0.25, 0.3) is 5.48 Å². The number of anilines is 1. The molecule has 14 heteroatoms. The minimum absolute atomic E-state index is 0.104. The van der Waals surface area contributed by atoms with E-state index in [1.165, 1.54) is 19.1 Å². The van der Waals surface area contributed by atoms with Gasteiger partial charge in [0.25, 0.3) is 5.95 Å². The molecule has 30 heavy (non-hydrogen) atoms. The van der Waals surface area contributed by atoms with Gasteiger partial charge in [-0.25, -0.2) is 0 Å². The van der Waals surface area contributed by atoms with Crippen LogP contribution < -0.4 is 4.90 Å². The highest BCUT2D eigenvalue weighted by Gasteiger charge is 2.38. The molecule has 0 amide bonds. The Morgan fingerprint density at radius 2 is 1.87 bits per heavy atom. The molecule has 2 heterocycles. The number of hydrogen-bond donors (Lipinski definition) is 0. The fourth-order valence-electron chi connectivity index (χ4n) is 3.01. The van der Waals surface area contributed by atoms with E-state index in [9.17, 15) is 26.3 Å². The molecule has 0 saturated heterocycles. The average molecular weight is 436 g/mol. The lowest BCUT2D eigenvalue weighted by Crippen LogP contribution is -2.24. The largest absolute Gasteiger partial charge is 0.553 e. The molecule has 0 N–H and O–H groups in total. The van der Waals surface area contributed by atoms with E-state index in [-0.39, 0.29) is 17.9 Å². The van der Waals surface area contributed by atoms with Crippen LogP contribution in [0.4, 0.5) is 49.4 Å². The number of azo groups is 1. The number of benzene rings is 1. The van der Waals surface area contributed by atoms with Crippen LogP contribution in [0.2, 0.25) is 0 Å². The maximum absolute atomic E-state index is 13.0. The number of rotatable bonds is 5. The normalized spacial score (nSPS) is 15.0. The summed E-state index contributed by atoms with van der Waals surface area (Å²) in [4.78, 5) is 5.39. The van der Waals surface area contributed by atoms with Gasteiger partial charge in [0.15, 0.2) is 0 Å². The minimum Gasteiger partial charge on any atom is -0.553 e. The van der Waals surface area contributed by atoms with Crippen molar-refractivity contribution in [2.75, 3.05) is 18.5 Å². The summed E-state index contributed by atoms with van der Waals surface area (Å²) in [5, 5.41) is 13.9. The van der Waals surface area contributed by atoms with Crippen LogP contribution >= 0.6 is 0 Å². The molecular weight excluding hydrogens is 420 g/mol. The van der Waals surface area contributed by atoms with Gasteiger partial charge in [-0.15, -0.1) is 33.6 Å². The van der Waals surface area contributed by atoms with Crippen molar-refractivity contribution in [1.82, 2.24) is 14.8 Å². The van der Waals surface area contributed by atoms with Crippen LogP contribution in [0, 0.1) is 0 Å². The molecule has 1 aliphatic rings. The Morgan fingerprint density at radius 3 is 2.50 bits per heavy atom. The van der Waals surface area contributed by atoms with Crippen molar-refractivity contribution in [2.45, 2.75) is 38.8 Å². The number of halogens is 6. The quantitative estimate of drug-likeness (QED) is 0.349. The number of nitrogens with zero attached hydrogens (tertiary/aromatic N) is 7. The molecule has 3 rings (SSSR count). The lowest BCUT2D eigenvalue weighted by Gasteiger charge is -2.32. The van der Waals surface area contributed by atoms with Gasteiger partial charge in [-0.3, -0.25) is 4.57 Å². The van der Waals surface area contributed by atoms with Crippen molar-refractivity contribution in [1.29, 1.82) is 0 Å². The van der Waals surface area contributed by atoms with E-state index in [1.807, 2.05) is 4.90 Å². The summed E-state index contributed by atoms with van der Waals surface area (Å²) >= 11 is 0. The van der Waals surface area contributed by atoms with Gasteiger partial charge in [0.1, 0.15) is 0 Å². The summed E-state index contributed by atoms with van der Waals surface area (Å²) in [7, 11) is 1.77. The van der Waals surface area contributed by atoms with Gasteiger partial charge >= 0.3 is 12.5 Å². The highest BCUT2D eigenvalue weighted by atomic mass is 19.4. The third-order valence-corrected chi connectivity index (χ3v) is 4.32. The number of fused-ring (bicyclic) bond motifs is 1. The average Bonchev–Trinajstić information content (AvgIpc) is 3.07. The predicted molar refractivity (Wildman–Crippen MR) is 93.1 cm³/mol. The van der Waals surface area contributed by atoms with Crippen LogP contribution in [0.15, 0.2) is 22.4 Å². The SMILES string of the molecule is CCn1c(N=Nc2cc3c(cc2[N-]OC(F)(F)F)N(C)CCC3)nnc1C(F)(F)F. The molecule has 1 aromatic carbocycles. The second-order valence-electron chi connectivity index (χ2n) is 6.39. The Morgan fingerprint density at radius 1 is 1.13 bits per heavy atom. The van der Waals surface area contributed by atoms with Crippen LogP contribution in [0.5, 0.6) is 0 Å². The molecule has 0 fully saturated rings. The first-order valence-electron chi connectivity index (χ1n) is 8.75. The molecule has 0 unspecified atom stereocenters. The Balaban J connectivity index is 1.99. The first kappa shape index (κ1) is 21.8. The second-order valence-corrected chi connectivity index (χ2v) is 6.39. The first-order valence-corrected chi connectivity index (χ1v) is 8.75. The molecule has 1 aromatic heterocycles. The lowest BCUT2D eigenvalue weighted by molar-refractivity contribution is -0.303. The molecule has 0 radical (unpaired) electrons.